The highest BCUT2D eigenvalue weighted by Gasteiger charge is 2.11. The SMILES string of the molecule is OCc1cccc(CNC2CCCNC2)c1. The molecule has 0 radical (unpaired) electrons. The maximum atomic E-state index is 9.05. The van der Waals surface area contributed by atoms with Crippen LogP contribution in [0, 0.1) is 0 Å². The maximum absolute atomic E-state index is 9.05. The minimum atomic E-state index is 0.124. The van der Waals surface area contributed by atoms with Crippen molar-refractivity contribution in [2.24, 2.45) is 0 Å². The average molecular weight is 220 g/mol. The Bertz CT molecular complexity index is 321. The summed E-state index contributed by atoms with van der Waals surface area (Å²) >= 11 is 0. The third-order valence-electron chi connectivity index (χ3n) is 3.07. The van der Waals surface area contributed by atoms with Crippen molar-refractivity contribution >= 4 is 0 Å². The average Bonchev–Trinajstić information content (AvgIpc) is 2.38. The standard InChI is InChI=1S/C13H20N2O/c16-10-12-4-1-3-11(7-12)8-15-13-5-2-6-14-9-13/h1,3-4,7,13-16H,2,5-6,8-10H2. The Hall–Kier alpha value is -0.900. The first kappa shape index (κ1) is 11.6. The van der Waals surface area contributed by atoms with Crippen LogP contribution in [-0.2, 0) is 13.2 Å². The van der Waals surface area contributed by atoms with E-state index < -0.39 is 0 Å². The smallest absolute Gasteiger partial charge is 0.0681 e. The normalized spacial score (nSPS) is 20.9. The van der Waals surface area contributed by atoms with E-state index in [1.807, 2.05) is 12.1 Å². The van der Waals surface area contributed by atoms with Crippen LogP contribution in [0.1, 0.15) is 24.0 Å². The fourth-order valence-corrected chi connectivity index (χ4v) is 2.13. The third kappa shape index (κ3) is 3.30. The van der Waals surface area contributed by atoms with Gasteiger partial charge in [-0.25, -0.2) is 0 Å². The Balaban J connectivity index is 1.83. The van der Waals surface area contributed by atoms with Crippen LogP contribution in [-0.4, -0.2) is 24.2 Å². The summed E-state index contributed by atoms with van der Waals surface area (Å²) < 4.78 is 0. The van der Waals surface area contributed by atoms with Gasteiger partial charge in [-0.2, -0.15) is 0 Å². The molecule has 1 aliphatic rings. The van der Waals surface area contributed by atoms with Crippen molar-refractivity contribution in [3.63, 3.8) is 0 Å². The molecular formula is C13H20N2O. The zero-order chi connectivity index (χ0) is 11.2. The molecule has 1 aromatic rings. The lowest BCUT2D eigenvalue weighted by molar-refractivity contribution is 0.281. The first-order chi connectivity index (χ1) is 7.88. The molecule has 1 heterocycles. The van der Waals surface area contributed by atoms with Crippen LogP contribution < -0.4 is 10.6 Å². The molecule has 0 aromatic heterocycles. The van der Waals surface area contributed by atoms with Crippen molar-refractivity contribution in [2.75, 3.05) is 13.1 Å². The number of hydrogen-bond donors (Lipinski definition) is 3. The van der Waals surface area contributed by atoms with E-state index in [9.17, 15) is 0 Å². The summed E-state index contributed by atoms with van der Waals surface area (Å²) in [5.74, 6) is 0. The first-order valence-electron chi connectivity index (χ1n) is 6.01. The first-order valence-corrected chi connectivity index (χ1v) is 6.01. The van der Waals surface area contributed by atoms with Gasteiger partial charge in [0.15, 0.2) is 0 Å². The molecule has 2 rings (SSSR count). The van der Waals surface area contributed by atoms with Gasteiger partial charge in [-0.3, -0.25) is 0 Å². The number of nitrogens with one attached hydrogen (secondary N) is 2. The van der Waals surface area contributed by atoms with Crippen molar-refractivity contribution in [1.82, 2.24) is 10.6 Å². The van der Waals surface area contributed by atoms with Crippen molar-refractivity contribution in [2.45, 2.75) is 32.0 Å². The summed E-state index contributed by atoms with van der Waals surface area (Å²) in [6.45, 7) is 3.23. The number of benzene rings is 1. The van der Waals surface area contributed by atoms with Gasteiger partial charge < -0.3 is 15.7 Å². The van der Waals surface area contributed by atoms with Crippen molar-refractivity contribution in [1.29, 1.82) is 0 Å². The monoisotopic (exact) mass is 220 g/mol. The van der Waals surface area contributed by atoms with Crippen LogP contribution in [0.3, 0.4) is 0 Å². The Morgan fingerprint density at radius 2 is 2.25 bits per heavy atom. The van der Waals surface area contributed by atoms with Crippen LogP contribution >= 0.6 is 0 Å². The Morgan fingerprint density at radius 3 is 3.00 bits per heavy atom. The molecule has 0 bridgehead atoms. The number of rotatable bonds is 4. The molecule has 1 aliphatic heterocycles. The number of hydrogen-bond acceptors (Lipinski definition) is 3. The summed E-state index contributed by atoms with van der Waals surface area (Å²) in [7, 11) is 0. The van der Waals surface area contributed by atoms with Crippen LogP contribution in [0.5, 0.6) is 0 Å². The van der Waals surface area contributed by atoms with Gasteiger partial charge >= 0.3 is 0 Å². The summed E-state index contributed by atoms with van der Waals surface area (Å²) in [5, 5.41) is 16.0. The predicted octanol–water partition coefficient (Wildman–Crippen LogP) is 1.02. The van der Waals surface area contributed by atoms with Gasteiger partial charge in [-0.15, -0.1) is 0 Å². The van der Waals surface area contributed by atoms with Crippen LogP contribution in [0.25, 0.3) is 0 Å². The van der Waals surface area contributed by atoms with Crippen molar-refractivity contribution in [3.05, 3.63) is 35.4 Å². The topological polar surface area (TPSA) is 44.3 Å². The van der Waals surface area contributed by atoms with Gasteiger partial charge in [0.25, 0.3) is 0 Å². The van der Waals surface area contributed by atoms with E-state index in [4.69, 9.17) is 5.11 Å². The summed E-state index contributed by atoms with van der Waals surface area (Å²) in [5.41, 5.74) is 2.23. The molecule has 0 aliphatic carbocycles. The molecule has 1 saturated heterocycles. The second-order valence-electron chi connectivity index (χ2n) is 4.40. The molecule has 16 heavy (non-hydrogen) atoms. The lowest BCUT2D eigenvalue weighted by Gasteiger charge is -2.24. The van der Waals surface area contributed by atoms with Crippen LogP contribution in [0.15, 0.2) is 24.3 Å². The highest BCUT2D eigenvalue weighted by molar-refractivity contribution is 5.22. The van der Waals surface area contributed by atoms with E-state index in [2.05, 4.69) is 22.8 Å². The zero-order valence-corrected chi connectivity index (χ0v) is 9.58. The summed E-state index contributed by atoms with van der Waals surface area (Å²) in [4.78, 5) is 0. The van der Waals surface area contributed by atoms with Gasteiger partial charge in [0.2, 0.25) is 0 Å². The van der Waals surface area contributed by atoms with Crippen molar-refractivity contribution in [3.8, 4) is 0 Å². The highest BCUT2D eigenvalue weighted by atomic mass is 16.3. The van der Waals surface area contributed by atoms with Crippen molar-refractivity contribution < 1.29 is 5.11 Å². The lowest BCUT2D eigenvalue weighted by Crippen LogP contribution is -2.42. The molecule has 3 heteroatoms. The fourth-order valence-electron chi connectivity index (χ4n) is 2.13. The molecule has 1 fully saturated rings. The Kier molecular flexibility index (Phi) is 4.34. The molecule has 3 N–H and O–H groups in total. The molecule has 1 unspecified atom stereocenters. The van der Waals surface area contributed by atoms with Gasteiger partial charge in [-0.05, 0) is 30.5 Å². The van der Waals surface area contributed by atoms with E-state index in [0.29, 0.717) is 6.04 Å². The quantitative estimate of drug-likeness (QED) is 0.710. The number of piperidine rings is 1. The predicted molar refractivity (Wildman–Crippen MR) is 65.1 cm³/mol. The van der Waals surface area contributed by atoms with E-state index in [1.165, 1.54) is 18.4 Å². The molecule has 0 amide bonds. The van der Waals surface area contributed by atoms with Gasteiger partial charge in [0.05, 0.1) is 6.61 Å². The molecule has 1 atom stereocenters. The fraction of sp³-hybridized carbons (Fsp3) is 0.538. The lowest BCUT2D eigenvalue weighted by atomic mass is 10.1. The maximum Gasteiger partial charge on any atom is 0.0681 e. The number of aliphatic hydroxyl groups excluding tert-OH is 1. The van der Waals surface area contributed by atoms with Crippen LogP contribution in [0.4, 0.5) is 0 Å². The minimum absolute atomic E-state index is 0.124. The third-order valence-corrected chi connectivity index (χ3v) is 3.07. The van der Waals surface area contributed by atoms with Crippen LogP contribution in [0.2, 0.25) is 0 Å². The summed E-state index contributed by atoms with van der Waals surface area (Å²) in [6.07, 6.45) is 2.51. The Morgan fingerprint density at radius 1 is 1.38 bits per heavy atom. The van der Waals surface area contributed by atoms with Gasteiger partial charge in [0.1, 0.15) is 0 Å². The molecule has 3 nitrogen and oxygen atoms in total. The summed E-state index contributed by atoms with van der Waals surface area (Å²) in [6, 6.07) is 8.70. The van der Waals surface area contributed by atoms with E-state index >= 15 is 0 Å². The molecule has 1 aromatic carbocycles. The minimum Gasteiger partial charge on any atom is -0.392 e. The number of aliphatic hydroxyl groups is 1. The van der Waals surface area contributed by atoms with E-state index in [1.54, 1.807) is 0 Å². The molecular weight excluding hydrogens is 200 g/mol. The highest BCUT2D eigenvalue weighted by Crippen LogP contribution is 2.07. The van der Waals surface area contributed by atoms with Gasteiger partial charge in [0, 0.05) is 19.1 Å². The second kappa shape index (κ2) is 5.99. The molecule has 0 spiro atoms. The largest absolute Gasteiger partial charge is 0.392 e. The van der Waals surface area contributed by atoms with Gasteiger partial charge in [-0.1, -0.05) is 24.3 Å². The molecule has 88 valence electrons. The second-order valence-corrected chi connectivity index (χ2v) is 4.40. The molecule has 0 saturated carbocycles. The van der Waals surface area contributed by atoms with E-state index in [0.717, 1.165) is 25.2 Å². The van der Waals surface area contributed by atoms with E-state index in [-0.39, 0.29) is 6.61 Å². The Labute approximate surface area is 96.9 Å². The zero-order valence-electron chi connectivity index (χ0n) is 9.58.